The van der Waals surface area contributed by atoms with Crippen LogP contribution in [0, 0.1) is 0 Å². The van der Waals surface area contributed by atoms with Crippen molar-refractivity contribution in [3.63, 3.8) is 0 Å². The van der Waals surface area contributed by atoms with Crippen molar-refractivity contribution in [2.45, 2.75) is 48.3 Å². The van der Waals surface area contributed by atoms with Crippen LogP contribution in [0.15, 0.2) is 118 Å². The third-order valence-electron chi connectivity index (χ3n) is 10.3. The molecule has 0 amide bonds. The van der Waals surface area contributed by atoms with E-state index in [1.54, 1.807) is 59.5 Å². The predicted molar refractivity (Wildman–Crippen MR) is 225 cm³/mol. The number of halogens is 1. The molecule has 0 bridgehead atoms. The van der Waals surface area contributed by atoms with Crippen LogP contribution < -0.4 is 4.90 Å². The first-order valence-corrected chi connectivity index (χ1v) is 23.3. The number of nitrogens with zero attached hydrogens (tertiary/aromatic N) is 2. The summed E-state index contributed by atoms with van der Waals surface area (Å²) in [5.74, 6) is -1.07. The van der Waals surface area contributed by atoms with Crippen molar-refractivity contribution in [1.82, 2.24) is 0 Å². The lowest BCUT2D eigenvalue weighted by Gasteiger charge is -2.26. The Morgan fingerprint density at radius 1 is 0.828 bits per heavy atom. The number of allylic oxidation sites excluding steroid dienone is 8. The summed E-state index contributed by atoms with van der Waals surface area (Å²) < 4.78 is 106. The summed E-state index contributed by atoms with van der Waals surface area (Å²) in [7, 11) is -13.1. The van der Waals surface area contributed by atoms with E-state index in [2.05, 4.69) is 9.37 Å². The highest BCUT2D eigenvalue weighted by Crippen LogP contribution is 2.51. The standard InChI is InChI=1S/C39H39ClN2O12S4/c1-38(2)34(41(19-21-56(44,45)46)32-17-11-25-23-28(55-54-53-43)13-15-30(25)36(32)38)9-5-7-27(40)8-6-10-35-39(3,4)37-31-16-14-29(58(50,51)52)24-26(31)12-18-33(37)42(35)20-22-57(47,48)49/h5-18,23-24H,19-22H2,1-4H3,(H3-,43,44,45,46,47,48,49,50,51,52)/p+1. The van der Waals surface area contributed by atoms with E-state index in [1.165, 1.54) is 12.1 Å². The molecule has 0 spiro atoms. The van der Waals surface area contributed by atoms with Crippen LogP contribution in [-0.4, -0.2) is 79.1 Å². The van der Waals surface area contributed by atoms with Gasteiger partial charge in [-0.2, -0.15) is 29.8 Å². The van der Waals surface area contributed by atoms with Crippen LogP contribution in [0.5, 0.6) is 0 Å². The van der Waals surface area contributed by atoms with Gasteiger partial charge < -0.3 is 4.90 Å². The maximum atomic E-state index is 11.9. The summed E-state index contributed by atoms with van der Waals surface area (Å²) in [6.45, 7) is 7.78. The Morgan fingerprint density at radius 3 is 2.16 bits per heavy atom. The van der Waals surface area contributed by atoms with Crippen LogP contribution in [0.25, 0.3) is 21.5 Å². The van der Waals surface area contributed by atoms with Gasteiger partial charge in [0.15, 0.2) is 12.3 Å². The lowest BCUT2D eigenvalue weighted by Crippen LogP contribution is -2.30. The molecule has 2 heterocycles. The Kier molecular flexibility index (Phi) is 12.2. The van der Waals surface area contributed by atoms with Gasteiger partial charge in [0.1, 0.15) is 5.75 Å². The molecular weight excluding hydrogens is 852 g/mol. The molecule has 0 aromatic heterocycles. The van der Waals surface area contributed by atoms with E-state index < -0.39 is 52.7 Å². The number of fused-ring (bicyclic) bond motifs is 6. The second kappa shape index (κ2) is 16.3. The third-order valence-corrected chi connectivity index (χ3v) is 13.3. The Bertz CT molecular complexity index is 2830. The van der Waals surface area contributed by atoms with Gasteiger partial charge in [-0.25, -0.2) is 5.26 Å². The zero-order valence-corrected chi connectivity index (χ0v) is 35.5. The van der Waals surface area contributed by atoms with Crippen molar-refractivity contribution in [2.75, 3.05) is 29.5 Å². The van der Waals surface area contributed by atoms with Crippen LogP contribution in [0.3, 0.4) is 0 Å². The first kappa shape index (κ1) is 43.7. The molecule has 4 aromatic rings. The van der Waals surface area contributed by atoms with Crippen LogP contribution in [0.2, 0.25) is 0 Å². The van der Waals surface area contributed by atoms with Crippen molar-refractivity contribution in [3.8, 4) is 0 Å². The summed E-state index contributed by atoms with van der Waals surface area (Å²) in [6, 6.07) is 17.0. The molecule has 58 heavy (non-hydrogen) atoms. The third kappa shape index (κ3) is 9.12. The van der Waals surface area contributed by atoms with Crippen molar-refractivity contribution in [3.05, 3.63) is 119 Å². The maximum absolute atomic E-state index is 11.9. The van der Waals surface area contributed by atoms with Crippen molar-refractivity contribution >= 4 is 92.6 Å². The number of anilines is 1. The van der Waals surface area contributed by atoms with Crippen LogP contribution in [0.4, 0.5) is 11.4 Å². The summed E-state index contributed by atoms with van der Waals surface area (Å²) in [4.78, 5) is 2.19. The molecule has 2 aliphatic rings. The number of benzene rings is 4. The van der Waals surface area contributed by atoms with Crippen molar-refractivity contribution < 1.29 is 58.1 Å². The average molecular weight is 892 g/mol. The molecule has 14 nitrogen and oxygen atoms in total. The molecular formula is C39H40ClN2O12S4+. The molecule has 0 aliphatic carbocycles. The highest BCUT2D eigenvalue weighted by molar-refractivity contribution is 7.94. The number of rotatable bonds is 14. The van der Waals surface area contributed by atoms with Crippen molar-refractivity contribution in [2.24, 2.45) is 0 Å². The molecule has 6 rings (SSSR count). The Morgan fingerprint density at radius 2 is 1.48 bits per heavy atom. The fraction of sp³-hybridized carbons (Fsp3) is 0.256. The van der Waals surface area contributed by atoms with Gasteiger partial charge in [-0.3, -0.25) is 13.7 Å². The van der Waals surface area contributed by atoms with Crippen LogP contribution in [0.1, 0.15) is 38.8 Å². The van der Waals surface area contributed by atoms with E-state index in [9.17, 15) is 38.9 Å². The molecule has 0 fully saturated rings. The van der Waals surface area contributed by atoms with Gasteiger partial charge >= 0.3 is 0 Å². The van der Waals surface area contributed by atoms with E-state index in [4.69, 9.17) is 16.9 Å². The topological polar surface area (TPSA) is 208 Å². The normalized spacial score (nSPS) is 17.8. The minimum atomic E-state index is -4.45. The van der Waals surface area contributed by atoms with Crippen molar-refractivity contribution in [1.29, 1.82) is 0 Å². The molecule has 4 aromatic carbocycles. The first-order chi connectivity index (χ1) is 27.0. The van der Waals surface area contributed by atoms with E-state index in [0.29, 0.717) is 32.1 Å². The van der Waals surface area contributed by atoms with Gasteiger partial charge in [-0.15, -0.1) is 4.33 Å². The minimum Gasteiger partial charge on any atom is -0.343 e. The van der Waals surface area contributed by atoms with Gasteiger partial charge in [-0.1, -0.05) is 60.8 Å². The van der Waals surface area contributed by atoms with Gasteiger partial charge in [0.05, 0.1) is 28.1 Å². The summed E-state index contributed by atoms with van der Waals surface area (Å²) in [5.41, 5.74) is 3.19. The van der Waals surface area contributed by atoms with E-state index in [0.717, 1.165) is 45.3 Å². The summed E-state index contributed by atoms with van der Waals surface area (Å²) >= 11 is 7.50. The highest BCUT2D eigenvalue weighted by atomic mass is 35.5. The zero-order valence-electron chi connectivity index (χ0n) is 31.5. The molecule has 2 aliphatic heterocycles. The predicted octanol–water partition coefficient (Wildman–Crippen LogP) is 7.74. The number of hydrogen-bond acceptors (Lipinski definition) is 11. The number of hydrogen-bond donors (Lipinski definition) is 4. The van der Waals surface area contributed by atoms with E-state index >= 15 is 0 Å². The smallest absolute Gasteiger partial charge is 0.294 e. The monoisotopic (exact) mass is 891 g/mol. The van der Waals surface area contributed by atoms with E-state index in [1.807, 2.05) is 62.6 Å². The maximum Gasteiger partial charge on any atom is 0.294 e. The van der Waals surface area contributed by atoms with Gasteiger partial charge in [0.25, 0.3) is 30.4 Å². The summed E-state index contributed by atoms with van der Waals surface area (Å²) in [5, 5.41) is 15.6. The largest absolute Gasteiger partial charge is 0.343 e. The fourth-order valence-electron chi connectivity index (χ4n) is 7.82. The van der Waals surface area contributed by atoms with Crippen LogP contribution in [-0.2, 0) is 50.6 Å². The molecule has 0 radical (unpaired) electrons. The molecule has 4 N–H and O–H groups in total. The van der Waals surface area contributed by atoms with Gasteiger partial charge in [-0.05, 0) is 95.6 Å². The molecule has 19 heteroatoms. The molecule has 308 valence electrons. The second-order valence-corrected chi connectivity index (χ2v) is 20.5. The summed E-state index contributed by atoms with van der Waals surface area (Å²) in [6.07, 6.45) is 10.3. The molecule has 0 saturated heterocycles. The first-order valence-electron chi connectivity index (χ1n) is 17.6. The zero-order chi connectivity index (χ0) is 42.4. The molecule has 0 unspecified atom stereocenters. The van der Waals surface area contributed by atoms with Gasteiger partial charge in [0.2, 0.25) is 5.69 Å². The highest BCUT2D eigenvalue weighted by Gasteiger charge is 2.46. The van der Waals surface area contributed by atoms with Crippen LogP contribution >= 0.6 is 23.6 Å². The lowest BCUT2D eigenvalue weighted by atomic mass is 9.79. The molecule has 0 saturated carbocycles. The average Bonchev–Trinajstić information content (AvgIpc) is 3.49. The molecule has 0 atom stereocenters. The Labute approximate surface area is 345 Å². The SMILES string of the molecule is CC1(C)C(/C=C/C=C(Cl)/C=C/C=C2/N(CCS(=O)(=O)O)c3ccc4cc(S(=O)(=O)O)ccc4c3C2(C)C)=[N+](CCS(=O)(=O)O)c2ccc3cc(SOOO)ccc3c21. The minimum absolute atomic E-state index is 0.0236. The van der Waals surface area contributed by atoms with Gasteiger partial charge in [0, 0.05) is 51.0 Å². The Hall–Kier alpha value is -3.92. The van der Waals surface area contributed by atoms with E-state index in [-0.39, 0.29) is 18.0 Å². The lowest BCUT2D eigenvalue weighted by molar-refractivity contribution is -0.432. The quantitative estimate of drug-likeness (QED) is 0.0239. The Balaban J connectivity index is 1.33. The fourth-order valence-corrected chi connectivity index (χ4v) is 9.72. The second-order valence-electron chi connectivity index (χ2n) is 14.7.